The van der Waals surface area contributed by atoms with E-state index in [1.807, 2.05) is 0 Å². The first-order chi connectivity index (χ1) is 6.32. The van der Waals surface area contributed by atoms with Gasteiger partial charge in [-0.25, -0.2) is 0 Å². The van der Waals surface area contributed by atoms with Crippen molar-refractivity contribution in [3.63, 3.8) is 0 Å². The molecule has 0 spiro atoms. The van der Waals surface area contributed by atoms with Crippen LogP contribution in [-0.4, -0.2) is 51.1 Å². The largest absolute Gasteiger partial charge is 0.480 e. The lowest BCUT2D eigenvalue weighted by Gasteiger charge is -2.34. The van der Waals surface area contributed by atoms with Crippen molar-refractivity contribution in [1.82, 2.24) is 4.90 Å². The molecular formula is C7H14NO5P. The maximum Gasteiger partial charge on any atom is 0.328 e. The van der Waals surface area contributed by atoms with Crippen molar-refractivity contribution in [2.24, 2.45) is 0 Å². The van der Waals surface area contributed by atoms with E-state index in [4.69, 9.17) is 14.9 Å². The van der Waals surface area contributed by atoms with E-state index in [0.29, 0.717) is 13.0 Å². The van der Waals surface area contributed by atoms with Crippen LogP contribution in [0.25, 0.3) is 0 Å². The summed E-state index contributed by atoms with van der Waals surface area (Å²) in [5.41, 5.74) is -0.806. The summed E-state index contributed by atoms with van der Waals surface area (Å²) >= 11 is 0. The van der Waals surface area contributed by atoms with E-state index in [9.17, 15) is 9.36 Å². The lowest BCUT2D eigenvalue weighted by atomic mass is 10.0. The van der Waals surface area contributed by atoms with Gasteiger partial charge in [-0.3, -0.25) is 14.3 Å². The molecule has 0 bridgehead atoms. The topological polar surface area (TPSA) is 98.1 Å². The third-order valence-corrected chi connectivity index (χ3v) is 4.02. The van der Waals surface area contributed by atoms with Gasteiger partial charge in [0.15, 0.2) is 0 Å². The van der Waals surface area contributed by atoms with Crippen molar-refractivity contribution in [3.8, 4) is 0 Å². The molecule has 6 nitrogen and oxygen atoms in total. The number of hydrogen-bond acceptors (Lipinski definition) is 3. The molecule has 1 aliphatic rings. The first-order valence-electron chi connectivity index (χ1n) is 4.30. The van der Waals surface area contributed by atoms with Gasteiger partial charge in [0.25, 0.3) is 0 Å². The van der Waals surface area contributed by atoms with Crippen LogP contribution in [0.2, 0.25) is 0 Å². The van der Waals surface area contributed by atoms with Gasteiger partial charge in [-0.2, -0.15) is 0 Å². The molecule has 14 heavy (non-hydrogen) atoms. The van der Waals surface area contributed by atoms with Crippen LogP contribution >= 0.6 is 7.60 Å². The first-order valence-corrected chi connectivity index (χ1v) is 5.99. The van der Waals surface area contributed by atoms with E-state index in [1.54, 1.807) is 11.9 Å². The Labute approximate surface area is 81.7 Å². The van der Waals surface area contributed by atoms with Gasteiger partial charge in [0.05, 0.1) is 5.66 Å². The van der Waals surface area contributed by atoms with E-state index in [2.05, 4.69) is 0 Å². The predicted molar refractivity (Wildman–Crippen MR) is 49.1 cm³/mol. The van der Waals surface area contributed by atoms with Crippen molar-refractivity contribution in [2.75, 3.05) is 13.6 Å². The Balaban J connectivity index is 2.72. The lowest BCUT2D eigenvalue weighted by molar-refractivity contribution is -0.143. The van der Waals surface area contributed by atoms with Gasteiger partial charge in [-0.05, 0) is 26.4 Å². The molecule has 0 aromatic carbocycles. The van der Waals surface area contributed by atoms with E-state index < -0.39 is 25.3 Å². The summed E-state index contributed by atoms with van der Waals surface area (Å²) < 4.78 is 10.9. The summed E-state index contributed by atoms with van der Waals surface area (Å²) in [4.78, 5) is 30.2. The number of aliphatic carboxylic acids is 1. The second-order valence-corrected chi connectivity index (χ2v) is 5.51. The molecule has 0 aliphatic carbocycles. The molecule has 0 aromatic heterocycles. The van der Waals surface area contributed by atoms with Gasteiger partial charge < -0.3 is 14.9 Å². The highest BCUT2D eigenvalue weighted by molar-refractivity contribution is 7.52. The number of carboxylic acids is 1. The average Bonchev–Trinajstić information content (AvgIpc) is 2.02. The monoisotopic (exact) mass is 223 g/mol. The van der Waals surface area contributed by atoms with Crippen LogP contribution in [0.5, 0.6) is 0 Å². The zero-order chi connectivity index (χ0) is 10.9. The Kier molecular flexibility index (Phi) is 3.32. The molecule has 2 unspecified atom stereocenters. The Morgan fingerprint density at radius 2 is 2.07 bits per heavy atom. The van der Waals surface area contributed by atoms with E-state index in [0.717, 1.165) is 0 Å². The maximum absolute atomic E-state index is 10.9. The normalized spacial score (nSPS) is 30.2. The van der Waals surface area contributed by atoms with Crippen LogP contribution in [0, 0.1) is 0 Å². The minimum absolute atomic E-state index is 0.0239. The van der Waals surface area contributed by atoms with Crippen LogP contribution < -0.4 is 0 Å². The third-order valence-electron chi connectivity index (χ3n) is 2.60. The SMILES string of the molecule is CN1CCC(P(=O)(O)O)CC1C(=O)O. The molecule has 0 aromatic rings. The van der Waals surface area contributed by atoms with Gasteiger partial charge in [0, 0.05) is 0 Å². The molecule has 0 radical (unpaired) electrons. The minimum Gasteiger partial charge on any atom is -0.480 e. The highest BCUT2D eigenvalue weighted by Gasteiger charge is 2.39. The molecule has 1 fully saturated rings. The zero-order valence-electron chi connectivity index (χ0n) is 7.83. The molecule has 1 saturated heterocycles. The number of nitrogens with zero attached hydrogens (tertiary/aromatic N) is 1. The summed E-state index contributed by atoms with van der Waals surface area (Å²) in [5, 5.41) is 8.80. The molecule has 82 valence electrons. The Bertz CT molecular complexity index is 275. The van der Waals surface area contributed by atoms with E-state index >= 15 is 0 Å². The van der Waals surface area contributed by atoms with Crippen molar-refractivity contribution in [1.29, 1.82) is 0 Å². The summed E-state index contributed by atoms with van der Waals surface area (Å²) in [6.45, 7) is 0.409. The number of piperidine rings is 1. The summed E-state index contributed by atoms with van der Waals surface area (Å²) in [6, 6.07) is -0.777. The second-order valence-electron chi connectivity index (χ2n) is 3.60. The molecule has 1 heterocycles. The van der Waals surface area contributed by atoms with Crippen LogP contribution in [0.15, 0.2) is 0 Å². The van der Waals surface area contributed by atoms with Crippen molar-refractivity contribution in [2.45, 2.75) is 24.5 Å². The van der Waals surface area contributed by atoms with E-state index in [-0.39, 0.29) is 6.42 Å². The smallest absolute Gasteiger partial charge is 0.328 e. The van der Waals surface area contributed by atoms with Gasteiger partial charge in [-0.1, -0.05) is 0 Å². The second kappa shape index (κ2) is 3.98. The van der Waals surface area contributed by atoms with Gasteiger partial charge in [-0.15, -0.1) is 0 Å². The van der Waals surface area contributed by atoms with Crippen molar-refractivity contribution in [3.05, 3.63) is 0 Å². The first kappa shape index (κ1) is 11.7. The van der Waals surface area contributed by atoms with Gasteiger partial charge in [0.1, 0.15) is 6.04 Å². The number of likely N-dealkylation sites (N-methyl/N-ethyl adjacent to an activating group) is 1. The molecule has 0 saturated carbocycles. The lowest BCUT2D eigenvalue weighted by Crippen LogP contribution is -2.46. The Morgan fingerprint density at radius 3 is 2.50 bits per heavy atom. The molecule has 0 amide bonds. The number of likely N-dealkylation sites (tertiary alicyclic amines) is 1. The molecule has 7 heteroatoms. The molecular weight excluding hydrogens is 209 g/mol. The van der Waals surface area contributed by atoms with E-state index in [1.165, 1.54) is 0 Å². The van der Waals surface area contributed by atoms with Crippen molar-refractivity contribution < 1.29 is 24.3 Å². The highest BCUT2D eigenvalue weighted by Crippen LogP contribution is 2.47. The van der Waals surface area contributed by atoms with Crippen LogP contribution in [0.3, 0.4) is 0 Å². The fraction of sp³-hybridized carbons (Fsp3) is 0.857. The standard InChI is InChI=1S/C7H14NO5P/c1-8-3-2-5(14(11,12)13)4-6(8)7(9)10/h5-6H,2-4H2,1H3,(H,9,10)(H2,11,12,13). The molecule has 1 rings (SSSR count). The number of hydrogen-bond donors (Lipinski definition) is 3. The highest BCUT2D eigenvalue weighted by atomic mass is 31.2. The third kappa shape index (κ3) is 2.54. The number of rotatable bonds is 2. The quantitative estimate of drug-likeness (QED) is 0.556. The van der Waals surface area contributed by atoms with Crippen LogP contribution in [0.4, 0.5) is 0 Å². The Hall–Kier alpha value is -0.420. The fourth-order valence-electron chi connectivity index (χ4n) is 1.66. The minimum atomic E-state index is -4.13. The van der Waals surface area contributed by atoms with Gasteiger partial charge in [0.2, 0.25) is 0 Å². The van der Waals surface area contributed by atoms with Crippen LogP contribution in [0.1, 0.15) is 12.8 Å². The fourth-order valence-corrected chi connectivity index (χ4v) is 2.58. The average molecular weight is 223 g/mol. The predicted octanol–water partition coefficient (Wildman–Crippen LogP) is -0.289. The maximum atomic E-state index is 10.9. The Morgan fingerprint density at radius 1 is 1.50 bits per heavy atom. The van der Waals surface area contributed by atoms with Gasteiger partial charge >= 0.3 is 13.6 Å². The summed E-state index contributed by atoms with van der Waals surface area (Å²) in [5.74, 6) is -1.02. The number of carbonyl (C=O) groups is 1. The summed E-state index contributed by atoms with van der Waals surface area (Å²) in [6.07, 6.45) is 0.376. The molecule has 2 atom stereocenters. The summed E-state index contributed by atoms with van der Waals surface area (Å²) in [7, 11) is -2.49. The molecule has 1 aliphatic heterocycles. The van der Waals surface area contributed by atoms with Crippen molar-refractivity contribution >= 4 is 13.6 Å². The number of carboxylic acid groups (broad SMARTS) is 1. The van der Waals surface area contributed by atoms with Crippen LogP contribution in [-0.2, 0) is 9.36 Å². The zero-order valence-corrected chi connectivity index (χ0v) is 8.72. The molecule has 3 N–H and O–H groups in total.